The van der Waals surface area contributed by atoms with E-state index in [1.54, 1.807) is 42.7 Å². The summed E-state index contributed by atoms with van der Waals surface area (Å²) >= 11 is 0. The maximum Gasteiger partial charge on any atom is 0.410 e. The van der Waals surface area contributed by atoms with Gasteiger partial charge in [0.05, 0.1) is 5.69 Å². The van der Waals surface area contributed by atoms with Crippen LogP contribution in [0, 0.1) is 0 Å². The van der Waals surface area contributed by atoms with E-state index in [4.69, 9.17) is 9.47 Å². The Kier molecular flexibility index (Phi) is 10.5. The lowest BCUT2D eigenvalue weighted by molar-refractivity contribution is -0.155. The molecule has 1 saturated heterocycles. The molecule has 226 valence electrons. The van der Waals surface area contributed by atoms with Crippen LogP contribution >= 0.6 is 0 Å². The number of rotatable bonds is 9. The minimum absolute atomic E-state index is 0.0528. The summed E-state index contributed by atoms with van der Waals surface area (Å²) in [6, 6.07) is 23.0. The highest BCUT2D eigenvalue weighted by molar-refractivity contribution is 5.96. The van der Waals surface area contributed by atoms with Crippen LogP contribution in [0.25, 0.3) is 11.3 Å². The van der Waals surface area contributed by atoms with E-state index in [0.29, 0.717) is 5.69 Å². The number of carbonyl (C=O) groups is 4. The molecule has 0 bridgehead atoms. The lowest BCUT2D eigenvalue weighted by Gasteiger charge is -2.36. The van der Waals surface area contributed by atoms with Crippen molar-refractivity contribution in [3.63, 3.8) is 0 Å². The highest BCUT2D eigenvalue weighted by atomic mass is 16.6. The van der Waals surface area contributed by atoms with E-state index in [9.17, 15) is 19.2 Å². The number of piperazine rings is 1. The van der Waals surface area contributed by atoms with Crippen LogP contribution in [0.1, 0.15) is 49.7 Å². The molecule has 2 heterocycles. The number of ether oxygens (including phenoxy) is 2. The summed E-state index contributed by atoms with van der Waals surface area (Å²) in [5.41, 5.74) is 1.85. The third-order valence-corrected chi connectivity index (χ3v) is 6.77. The van der Waals surface area contributed by atoms with Crippen molar-refractivity contribution < 1.29 is 28.7 Å². The van der Waals surface area contributed by atoms with E-state index in [2.05, 4.69) is 10.3 Å². The van der Waals surface area contributed by atoms with Crippen molar-refractivity contribution >= 4 is 23.9 Å². The van der Waals surface area contributed by atoms with Gasteiger partial charge in [0, 0.05) is 38.2 Å². The fourth-order valence-corrected chi connectivity index (χ4v) is 4.62. The van der Waals surface area contributed by atoms with Crippen LogP contribution in [0.15, 0.2) is 78.9 Å². The molecule has 0 radical (unpaired) electrons. The van der Waals surface area contributed by atoms with Crippen molar-refractivity contribution in [2.45, 2.75) is 51.9 Å². The third-order valence-electron chi connectivity index (χ3n) is 6.77. The Morgan fingerprint density at radius 2 is 1.47 bits per heavy atom. The van der Waals surface area contributed by atoms with Gasteiger partial charge < -0.3 is 24.6 Å². The number of nitrogens with one attached hydrogen (secondary N) is 1. The molecule has 0 saturated carbocycles. The van der Waals surface area contributed by atoms with Gasteiger partial charge in [0.1, 0.15) is 23.9 Å². The molecule has 1 atom stereocenters. The van der Waals surface area contributed by atoms with Crippen LogP contribution in [-0.4, -0.2) is 76.5 Å². The quantitative estimate of drug-likeness (QED) is 0.368. The molecule has 3 aromatic rings. The van der Waals surface area contributed by atoms with E-state index in [1.165, 1.54) is 0 Å². The number of aromatic nitrogens is 1. The molecule has 1 aliphatic rings. The van der Waals surface area contributed by atoms with Crippen LogP contribution in [0.3, 0.4) is 0 Å². The SMILES string of the molecule is CC(C)(C)OC(=O)CC[C@H](NC(=O)c1cccc(-c2ccccc2)n1)C(=O)N1CCN(C(=O)OCc2ccccc2)CC1. The van der Waals surface area contributed by atoms with Gasteiger partial charge in [-0.3, -0.25) is 14.4 Å². The number of hydrogen-bond donors (Lipinski definition) is 1. The summed E-state index contributed by atoms with van der Waals surface area (Å²) in [7, 11) is 0. The summed E-state index contributed by atoms with van der Waals surface area (Å²) < 4.78 is 10.8. The van der Waals surface area contributed by atoms with Crippen LogP contribution in [0.2, 0.25) is 0 Å². The minimum atomic E-state index is -0.987. The van der Waals surface area contributed by atoms with E-state index in [0.717, 1.165) is 11.1 Å². The van der Waals surface area contributed by atoms with Crippen LogP contribution in [0.5, 0.6) is 0 Å². The second kappa shape index (κ2) is 14.4. The summed E-state index contributed by atoms with van der Waals surface area (Å²) in [4.78, 5) is 59.6. The van der Waals surface area contributed by atoms with Crippen molar-refractivity contribution in [2.75, 3.05) is 26.2 Å². The number of carbonyl (C=O) groups excluding carboxylic acids is 4. The molecule has 43 heavy (non-hydrogen) atoms. The largest absolute Gasteiger partial charge is 0.460 e. The van der Waals surface area contributed by atoms with Crippen LogP contribution in [-0.2, 0) is 25.7 Å². The lowest BCUT2D eigenvalue weighted by Crippen LogP contribution is -2.56. The molecule has 10 heteroatoms. The Morgan fingerprint density at radius 3 is 2.12 bits per heavy atom. The molecule has 0 aliphatic carbocycles. The van der Waals surface area contributed by atoms with Crippen molar-refractivity contribution in [2.24, 2.45) is 0 Å². The Hall–Kier alpha value is -4.73. The van der Waals surface area contributed by atoms with Gasteiger partial charge in [0.25, 0.3) is 5.91 Å². The van der Waals surface area contributed by atoms with Gasteiger partial charge in [-0.05, 0) is 44.9 Å². The predicted molar refractivity (Wildman–Crippen MR) is 161 cm³/mol. The zero-order valence-electron chi connectivity index (χ0n) is 24.8. The average Bonchev–Trinajstić information content (AvgIpc) is 3.01. The number of hydrogen-bond acceptors (Lipinski definition) is 7. The molecule has 0 unspecified atom stereocenters. The topological polar surface area (TPSA) is 118 Å². The van der Waals surface area contributed by atoms with Crippen LogP contribution < -0.4 is 5.32 Å². The highest BCUT2D eigenvalue weighted by Gasteiger charge is 2.32. The molecule has 1 fully saturated rings. The molecule has 4 rings (SSSR count). The van der Waals surface area contributed by atoms with Gasteiger partial charge in [-0.1, -0.05) is 66.7 Å². The maximum atomic E-state index is 13.6. The first-order valence-corrected chi connectivity index (χ1v) is 14.4. The monoisotopic (exact) mass is 586 g/mol. The number of benzene rings is 2. The standard InChI is InChI=1S/C33H38N4O6/c1-33(2,3)43-29(38)18-17-28(35-30(39)27-16-10-15-26(34-27)25-13-8-5-9-14-25)31(40)36-19-21-37(22-20-36)32(41)42-23-24-11-6-4-7-12-24/h4-16,28H,17-23H2,1-3H3,(H,35,39)/t28-/m0/s1. The molecule has 0 spiro atoms. The van der Waals surface area contributed by atoms with Gasteiger partial charge >= 0.3 is 12.1 Å². The second-order valence-electron chi connectivity index (χ2n) is 11.3. The number of amides is 3. The maximum absolute atomic E-state index is 13.6. The van der Waals surface area contributed by atoms with E-state index >= 15 is 0 Å². The third kappa shape index (κ3) is 9.39. The molecular weight excluding hydrogens is 548 g/mol. The second-order valence-corrected chi connectivity index (χ2v) is 11.3. The Bertz CT molecular complexity index is 1400. The fourth-order valence-electron chi connectivity index (χ4n) is 4.62. The first-order valence-electron chi connectivity index (χ1n) is 14.4. The zero-order chi connectivity index (χ0) is 30.8. The van der Waals surface area contributed by atoms with Gasteiger partial charge in [-0.2, -0.15) is 0 Å². The van der Waals surface area contributed by atoms with Crippen molar-refractivity contribution in [3.8, 4) is 11.3 Å². The Labute approximate surface area is 252 Å². The van der Waals surface area contributed by atoms with Crippen molar-refractivity contribution in [1.29, 1.82) is 0 Å². The van der Waals surface area contributed by atoms with Gasteiger partial charge in [0.2, 0.25) is 5.91 Å². The molecular formula is C33H38N4O6. The first-order chi connectivity index (χ1) is 20.6. The summed E-state index contributed by atoms with van der Waals surface area (Å²) in [6.45, 7) is 6.57. The molecule has 2 aromatic carbocycles. The predicted octanol–water partition coefficient (Wildman–Crippen LogP) is 4.45. The molecule has 10 nitrogen and oxygen atoms in total. The molecule has 1 aromatic heterocycles. The average molecular weight is 587 g/mol. The minimum Gasteiger partial charge on any atom is -0.460 e. The fraction of sp³-hybridized carbons (Fsp3) is 0.364. The van der Waals surface area contributed by atoms with Crippen LogP contribution in [0.4, 0.5) is 4.79 Å². The Morgan fingerprint density at radius 1 is 0.837 bits per heavy atom. The normalized spacial score (nSPS) is 14.0. The highest BCUT2D eigenvalue weighted by Crippen LogP contribution is 2.18. The number of pyridine rings is 1. The van der Waals surface area contributed by atoms with Crippen molar-refractivity contribution in [1.82, 2.24) is 20.1 Å². The van der Waals surface area contributed by atoms with Gasteiger partial charge in [-0.15, -0.1) is 0 Å². The lowest BCUT2D eigenvalue weighted by atomic mass is 10.1. The molecule has 3 amide bonds. The number of esters is 1. The van der Waals surface area contributed by atoms with E-state index < -0.39 is 29.6 Å². The van der Waals surface area contributed by atoms with Gasteiger partial charge in [-0.25, -0.2) is 9.78 Å². The molecule has 1 aliphatic heterocycles. The van der Waals surface area contributed by atoms with Crippen molar-refractivity contribution in [3.05, 3.63) is 90.1 Å². The van der Waals surface area contributed by atoms with E-state index in [-0.39, 0.29) is 57.2 Å². The zero-order valence-corrected chi connectivity index (χ0v) is 24.8. The Balaban J connectivity index is 1.40. The summed E-state index contributed by atoms with van der Waals surface area (Å²) in [6.07, 6.45) is -0.455. The first kappa shape index (κ1) is 31.2. The van der Waals surface area contributed by atoms with E-state index in [1.807, 2.05) is 66.7 Å². The smallest absolute Gasteiger partial charge is 0.410 e. The van der Waals surface area contributed by atoms with Gasteiger partial charge in [0.15, 0.2) is 0 Å². The number of nitrogens with zero attached hydrogens (tertiary/aromatic N) is 3. The summed E-state index contributed by atoms with van der Waals surface area (Å²) in [5.74, 6) is -1.33. The summed E-state index contributed by atoms with van der Waals surface area (Å²) in [5, 5.41) is 2.79. The molecule has 1 N–H and O–H groups in total.